The molecule has 36 heavy (non-hydrogen) atoms. The van der Waals surface area contributed by atoms with E-state index in [0.717, 1.165) is 6.08 Å². The summed E-state index contributed by atoms with van der Waals surface area (Å²) >= 11 is 0. The SMILES string of the molecule is C=CC(=O)Nc1ccccc1Oc1ccnc(Nc2cc(F)c(N3CCN(CCF)CC3)c(F)c2)n1. The van der Waals surface area contributed by atoms with Gasteiger partial charge in [0, 0.05) is 50.7 Å². The van der Waals surface area contributed by atoms with Crippen LogP contribution in [0.25, 0.3) is 0 Å². The van der Waals surface area contributed by atoms with Crippen LogP contribution in [0.1, 0.15) is 0 Å². The van der Waals surface area contributed by atoms with Crippen molar-refractivity contribution in [2.45, 2.75) is 0 Å². The van der Waals surface area contributed by atoms with Gasteiger partial charge in [-0.15, -0.1) is 0 Å². The van der Waals surface area contributed by atoms with Gasteiger partial charge in [0.15, 0.2) is 17.4 Å². The van der Waals surface area contributed by atoms with Crippen molar-refractivity contribution in [1.29, 1.82) is 0 Å². The molecule has 0 unspecified atom stereocenters. The Kier molecular flexibility index (Phi) is 8.01. The Morgan fingerprint density at radius 1 is 1.11 bits per heavy atom. The summed E-state index contributed by atoms with van der Waals surface area (Å²) in [5, 5.41) is 5.43. The molecule has 0 saturated carbocycles. The highest BCUT2D eigenvalue weighted by molar-refractivity contribution is 5.99. The Morgan fingerprint density at radius 2 is 1.83 bits per heavy atom. The van der Waals surface area contributed by atoms with E-state index in [9.17, 15) is 18.0 Å². The number of ether oxygens (including phenoxy) is 1. The van der Waals surface area contributed by atoms with Crippen LogP contribution in [0.4, 0.5) is 36.2 Å². The van der Waals surface area contributed by atoms with Gasteiger partial charge in [0.25, 0.3) is 0 Å². The van der Waals surface area contributed by atoms with E-state index in [1.165, 1.54) is 24.4 Å². The highest BCUT2D eigenvalue weighted by Gasteiger charge is 2.23. The fraction of sp³-hybridized carbons (Fsp3) is 0.240. The number of piperazine rings is 1. The van der Waals surface area contributed by atoms with E-state index in [1.807, 2.05) is 4.90 Å². The monoisotopic (exact) mass is 498 g/mol. The van der Waals surface area contributed by atoms with Crippen LogP contribution >= 0.6 is 0 Å². The molecule has 4 rings (SSSR count). The van der Waals surface area contributed by atoms with Crippen LogP contribution in [0.5, 0.6) is 11.6 Å². The maximum absolute atomic E-state index is 14.9. The number of halogens is 3. The van der Waals surface area contributed by atoms with Gasteiger partial charge in [-0.25, -0.2) is 18.2 Å². The number of nitrogens with zero attached hydrogens (tertiary/aromatic N) is 4. The van der Waals surface area contributed by atoms with Crippen molar-refractivity contribution < 1.29 is 22.7 Å². The van der Waals surface area contributed by atoms with Crippen LogP contribution < -0.4 is 20.3 Å². The number of benzene rings is 2. The molecular formula is C25H25F3N6O2. The van der Waals surface area contributed by atoms with Crippen molar-refractivity contribution in [2.24, 2.45) is 0 Å². The number of hydrogen-bond acceptors (Lipinski definition) is 7. The number of hydrogen-bond donors (Lipinski definition) is 2. The molecule has 2 heterocycles. The Labute approximate surface area is 206 Å². The zero-order valence-electron chi connectivity index (χ0n) is 19.4. The lowest BCUT2D eigenvalue weighted by Crippen LogP contribution is -2.47. The molecule has 2 aromatic carbocycles. The van der Waals surface area contributed by atoms with Crippen molar-refractivity contribution >= 4 is 28.9 Å². The summed E-state index contributed by atoms with van der Waals surface area (Å²) in [6.45, 7) is 5.16. The molecule has 188 valence electrons. The summed E-state index contributed by atoms with van der Waals surface area (Å²) in [5.74, 6) is -1.30. The number of anilines is 4. The molecule has 8 nitrogen and oxygen atoms in total. The minimum Gasteiger partial charge on any atom is -0.437 e. The Morgan fingerprint density at radius 3 is 2.53 bits per heavy atom. The van der Waals surface area contributed by atoms with Gasteiger partial charge in [-0.1, -0.05) is 18.7 Å². The average molecular weight is 499 g/mol. The van der Waals surface area contributed by atoms with Gasteiger partial charge in [-0.05, 0) is 30.3 Å². The molecule has 1 saturated heterocycles. The molecule has 0 aliphatic carbocycles. The third-order valence-electron chi connectivity index (χ3n) is 5.54. The van der Waals surface area contributed by atoms with Crippen LogP contribution in [0, 0.1) is 11.6 Å². The van der Waals surface area contributed by atoms with Crippen molar-refractivity contribution in [3.8, 4) is 11.6 Å². The summed E-state index contributed by atoms with van der Waals surface area (Å²) in [5.41, 5.74) is 0.429. The van der Waals surface area contributed by atoms with Gasteiger partial charge in [-0.2, -0.15) is 4.98 Å². The molecule has 0 spiro atoms. The van der Waals surface area contributed by atoms with Gasteiger partial charge >= 0.3 is 0 Å². The van der Waals surface area contributed by atoms with Crippen molar-refractivity contribution in [3.63, 3.8) is 0 Å². The summed E-state index contributed by atoms with van der Waals surface area (Å²) in [6, 6.07) is 10.6. The smallest absolute Gasteiger partial charge is 0.247 e. The predicted molar refractivity (Wildman–Crippen MR) is 132 cm³/mol. The molecule has 1 fully saturated rings. The summed E-state index contributed by atoms with van der Waals surface area (Å²) < 4.78 is 48.1. The normalized spacial score (nSPS) is 13.8. The van der Waals surface area contributed by atoms with E-state index >= 15 is 0 Å². The molecule has 0 bridgehead atoms. The van der Waals surface area contributed by atoms with Crippen molar-refractivity contribution in [1.82, 2.24) is 14.9 Å². The standard InChI is InChI=1S/C25H25F3N6O2/c1-2-22(35)31-20-5-3-4-6-21(20)36-23-7-9-29-25(32-23)30-17-15-18(27)24(19(28)16-17)34-13-11-33(10-8-26)12-14-34/h2-7,9,15-16H,1,8,10-14H2,(H,31,35)(H,29,30,32). The van der Waals surface area contributed by atoms with E-state index in [4.69, 9.17) is 4.74 Å². The Bertz CT molecular complexity index is 1210. The van der Waals surface area contributed by atoms with Gasteiger partial charge in [-0.3, -0.25) is 9.69 Å². The Balaban J connectivity index is 1.47. The molecule has 1 aliphatic heterocycles. The molecule has 1 amide bonds. The van der Waals surface area contributed by atoms with Gasteiger partial charge < -0.3 is 20.3 Å². The number of rotatable bonds is 9. The lowest BCUT2D eigenvalue weighted by molar-refractivity contribution is -0.111. The lowest BCUT2D eigenvalue weighted by Gasteiger charge is -2.35. The number of carbonyl (C=O) groups excluding carboxylic acids is 1. The molecule has 11 heteroatoms. The topological polar surface area (TPSA) is 82.6 Å². The fourth-order valence-corrected chi connectivity index (χ4v) is 3.80. The summed E-state index contributed by atoms with van der Waals surface area (Å²) in [4.78, 5) is 23.5. The zero-order chi connectivity index (χ0) is 25.5. The quantitative estimate of drug-likeness (QED) is 0.420. The third kappa shape index (κ3) is 6.11. The minimum absolute atomic E-state index is 0.0616. The molecule has 3 aromatic rings. The van der Waals surface area contributed by atoms with E-state index < -0.39 is 24.2 Å². The van der Waals surface area contributed by atoms with Crippen LogP contribution in [-0.2, 0) is 4.79 Å². The highest BCUT2D eigenvalue weighted by Crippen LogP contribution is 2.31. The molecule has 0 radical (unpaired) electrons. The Hall–Kier alpha value is -4.12. The van der Waals surface area contributed by atoms with Crippen molar-refractivity contribution in [2.75, 3.05) is 54.9 Å². The molecule has 2 N–H and O–H groups in total. The van der Waals surface area contributed by atoms with Crippen LogP contribution in [0.15, 0.2) is 61.3 Å². The van der Waals surface area contributed by atoms with E-state index in [1.54, 1.807) is 29.2 Å². The number of aromatic nitrogens is 2. The first kappa shape index (κ1) is 25.0. The van der Waals surface area contributed by atoms with E-state index in [-0.39, 0.29) is 23.2 Å². The average Bonchev–Trinajstić information content (AvgIpc) is 2.86. The minimum atomic E-state index is -0.726. The number of carbonyl (C=O) groups is 1. The maximum atomic E-state index is 14.9. The van der Waals surface area contributed by atoms with Gasteiger partial charge in [0.1, 0.15) is 12.4 Å². The van der Waals surface area contributed by atoms with Crippen LogP contribution in [-0.4, -0.2) is 60.2 Å². The maximum Gasteiger partial charge on any atom is 0.247 e. The van der Waals surface area contributed by atoms with Gasteiger partial charge in [0.05, 0.1) is 5.69 Å². The first-order chi connectivity index (χ1) is 17.5. The number of alkyl halides is 1. The lowest BCUT2D eigenvalue weighted by atomic mass is 10.2. The summed E-state index contributed by atoms with van der Waals surface area (Å²) in [6.07, 6.45) is 2.56. The first-order valence-corrected chi connectivity index (χ1v) is 11.3. The second kappa shape index (κ2) is 11.5. The van der Waals surface area contributed by atoms with E-state index in [2.05, 4.69) is 27.2 Å². The molecule has 1 aliphatic rings. The van der Waals surface area contributed by atoms with Crippen LogP contribution in [0.3, 0.4) is 0 Å². The second-order valence-electron chi connectivity index (χ2n) is 7.94. The third-order valence-corrected chi connectivity index (χ3v) is 5.54. The molecule has 1 aromatic heterocycles. The largest absolute Gasteiger partial charge is 0.437 e. The summed E-state index contributed by atoms with van der Waals surface area (Å²) in [7, 11) is 0. The number of para-hydroxylation sites is 2. The van der Waals surface area contributed by atoms with E-state index in [0.29, 0.717) is 44.2 Å². The fourth-order valence-electron chi connectivity index (χ4n) is 3.80. The van der Waals surface area contributed by atoms with Crippen LogP contribution in [0.2, 0.25) is 0 Å². The molecular weight excluding hydrogens is 473 g/mol. The highest BCUT2D eigenvalue weighted by atomic mass is 19.1. The number of nitrogens with one attached hydrogen (secondary N) is 2. The molecule has 0 atom stereocenters. The first-order valence-electron chi connectivity index (χ1n) is 11.3. The zero-order valence-corrected chi connectivity index (χ0v) is 19.4. The van der Waals surface area contributed by atoms with Crippen molar-refractivity contribution in [3.05, 3.63) is 73.0 Å². The second-order valence-corrected chi connectivity index (χ2v) is 7.94. The predicted octanol–water partition coefficient (Wildman–Crippen LogP) is 4.51. The van der Waals surface area contributed by atoms with Gasteiger partial charge in [0.2, 0.25) is 17.7 Å². The number of amides is 1.